The molecule has 2 aromatic carbocycles. The van der Waals surface area contributed by atoms with Gasteiger partial charge in [0.05, 0.1) is 17.9 Å². The first kappa shape index (κ1) is 25.0. The number of para-hydroxylation sites is 1. The Labute approximate surface area is 203 Å². The number of benzene rings is 2. The molecule has 0 aliphatic heterocycles. The minimum Gasteiger partial charge on any atom is -0.485 e. The van der Waals surface area contributed by atoms with E-state index in [1.807, 2.05) is 42.7 Å². The van der Waals surface area contributed by atoms with Gasteiger partial charge in [-0.15, -0.1) is 16.8 Å². The van der Waals surface area contributed by atoms with Gasteiger partial charge in [-0.05, 0) is 43.2 Å². The molecule has 9 heteroatoms. The number of allylic oxidation sites excluding steroid dienone is 1. The molecule has 178 valence electrons. The second-order valence-electron chi connectivity index (χ2n) is 7.41. The molecule has 1 N–H and O–H groups in total. The van der Waals surface area contributed by atoms with Crippen LogP contribution in [0.2, 0.25) is 0 Å². The topological polar surface area (TPSA) is 95.3 Å². The van der Waals surface area contributed by atoms with Gasteiger partial charge in [0.1, 0.15) is 12.4 Å². The number of nitrogens with zero attached hydrogens (tertiary/aromatic N) is 3. The number of carbonyl (C=O) groups excluding carboxylic acids is 2. The van der Waals surface area contributed by atoms with Crippen LogP contribution < -0.4 is 10.1 Å². The van der Waals surface area contributed by atoms with Crippen molar-refractivity contribution in [2.45, 2.75) is 38.6 Å². The molecule has 0 radical (unpaired) electrons. The molecule has 1 heterocycles. The molecule has 0 aliphatic rings. The van der Waals surface area contributed by atoms with Crippen LogP contribution in [0.1, 0.15) is 35.1 Å². The van der Waals surface area contributed by atoms with Crippen molar-refractivity contribution in [2.75, 3.05) is 17.7 Å². The number of anilines is 1. The van der Waals surface area contributed by atoms with E-state index in [2.05, 4.69) is 22.1 Å². The van der Waals surface area contributed by atoms with E-state index >= 15 is 0 Å². The highest BCUT2D eigenvalue weighted by Crippen LogP contribution is 2.21. The fraction of sp³-hybridized carbons (Fsp3) is 0.280. The fourth-order valence-corrected chi connectivity index (χ4v) is 3.80. The first-order valence-corrected chi connectivity index (χ1v) is 11.9. The molecule has 34 heavy (non-hydrogen) atoms. The number of ether oxygens (including phenoxy) is 2. The van der Waals surface area contributed by atoms with Crippen LogP contribution in [-0.2, 0) is 22.7 Å². The van der Waals surface area contributed by atoms with Gasteiger partial charge < -0.3 is 14.8 Å². The number of carbonyl (C=O) groups is 2. The van der Waals surface area contributed by atoms with E-state index < -0.39 is 5.97 Å². The van der Waals surface area contributed by atoms with E-state index in [4.69, 9.17) is 9.47 Å². The molecule has 0 aliphatic carbocycles. The molecule has 1 aromatic heterocycles. The first-order valence-electron chi connectivity index (χ1n) is 10.9. The normalized spacial score (nSPS) is 10.5. The van der Waals surface area contributed by atoms with Gasteiger partial charge in [0.15, 0.2) is 11.0 Å². The summed E-state index contributed by atoms with van der Waals surface area (Å²) in [5.41, 5.74) is 1.95. The van der Waals surface area contributed by atoms with Gasteiger partial charge in [-0.1, -0.05) is 49.0 Å². The smallest absolute Gasteiger partial charge is 0.338 e. The third-order valence-electron chi connectivity index (χ3n) is 4.71. The summed E-state index contributed by atoms with van der Waals surface area (Å²) >= 11 is 1.26. The van der Waals surface area contributed by atoms with Crippen LogP contribution >= 0.6 is 11.8 Å². The Morgan fingerprint density at radius 3 is 2.76 bits per heavy atom. The summed E-state index contributed by atoms with van der Waals surface area (Å²) in [5.74, 6) is 0.910. The van der Waals surface area contributed by atoms with Gasteiger partial charge in [0.2, 0.25) is 5.91 Å². The van der Waals surface area contributed by atoms with Crippen molar-refractivity contribution >= 4 is 29.3 Å². The van der Waals surface area contributed by atoms with Crippen molar-refractivity contribution < 1.29 is 19.1 Å². The molecular formula is C25H28N4O4S. The summed E-state index contributed by atoms with van der Waals surface area (Å²) < 4.78 is 12.9. The van der Waals surface area contributed by atoms with Crippen LogP contribution in [0.4, 0.5) is 5.69 Å². The summed E-state index contributed by atoms with van der Waals surface area (Å²) in [5, 5.41) is 11.9. The molecule has 3 aromatic rings. The molecule has 0 bridgehead atoms. The van der Waals surface area contributed by atoms with Gasteiger partial charge in [0, 0.05) is 12.2 Å². The highest BCUT2D eigenvalue weighted by Gasteiger charge is 2.15. The summed E-state index contributed by atoms with van der Waals surface area (Å²) in [6.45, 7) is 8.80. The Bertz CT molecular complexity index is 1150. The van der Waals surface area contributed by atoms with E-state index in [9.17, 15) is 9.59 Å². The maximum Gasteiger partial charge on any atom is 0.338 e. The molecular weight excluding hydrogens is 452 g/mol. The summed E-state index contributed by atoms with van der Waals surface area (Å²) in [6.07, 6.45) is 2.49. The van der Waals surface area contributed by atoms with E-state index in [1.165, 1.54) is 11.8 Å². The molecule has 0 unspecified atom stereocenters. The van der Waals surface area contributed by atoms with E-state index in [0.717, 1.165) is 17.7 Å². The number of amides is 1. The van der Waals surface area contributed by atoms with Crippen molar-refractivity contribution in [2.24, 2.45) is 0 Å². The highest BCUT2D eigenvalue weighted by atomic mass is 32.2. The molecule has 0 atom stereocenters. The lowest BCUT2D eigenvalue weighted by Gasteiger charge is -2.11. The average Bonchev–Trinajstić information content (AvgIpc) is 3.22. The minimum absolute atomic E-state index is 0.123. The number of rotatable bonds is 12. The molecule has 3 rings (SSSR count). The SMILES string of the molecule is C=CCn1c(COc2ccccc2C)nnc1SCC(=O)Nc1cccc(C(=O)OCCC)c1. The van der Waals surface area contributed by atoms with E-state index in [-0.39, 0.29) is 18.3 Å². The maximum atomic E-state index is 12.5. The van der Waals surface area contributed by atoms with Crippen molar-refractivity contribution in [3.8, 4) is 5.75 Å². The Morgan fingerprint density at radius 1 is 1.18 bits per heavy atom. The lowest BCUT2D eigenvalue weighted by atomic mass is 10.2. The second kappa shape index (κ2) is 12.6. The number of aryl methyl sites for hydroxylation is 1. The summed E-state index contributed by atoms with van der Waals surface area (Å²) in [7, 11) is 0. The second-order valence-corrected chi connectivity index (χ2v) is 8.35. The first-order chi connectivity index (χ1) is 16.5. The minimum atomic E-state index is -0.412. The van der Waals surface area contributed by atoms with Crippen molar-refractivity contribution in [1.29, 1.82) is 0 Å². The van der Waals surface area contributed by atoms with Crippen LogP contribution in [0.3, 0.4) is 0 Å². The Balaban J connectivity index is 1.59. The highest BCUT2D eigenvalue weighted by molar-refractivity contribution is 7.99. The van der Waals surface area contributed by atoms with Gasteiger partial charge in [-0.2, -0.15) is 0 Å². The zero-order valence-electron chi connectivity index (χ0n) is 19.3. The molecule has 0 saturated heterocycles. The Kier molecular flexibility index (Phi) is 9.28. The third kappa shape index (κ3) is 6.95. The maximum absolute atomic E-state index is 12.5. The van der Waals surface area contributed by atoms with Gasteiger partial charge in [-0.3, -0.25) is 9.36 Å². The number of hydrogen-bond acceptors (Lipinski definition) is 7. The zero-order chi connectivity index (χ0) is 24.3. The predicted octanol–water partition coefficient (Wildman–Crippen LogP) is 4.65. The van der Waals surface area contributed by atoms with Crippen LogP contribution in [0.25, 0.3) is 0 Å². The van der Waals surface area contributed by atoms with Crippen molar-refractivity contribution in [1.82, 2.24) is 14.8 Å². The Morgan fingerprint density at radius 2 is 2.00 bits per heavy atom. The molecule has 0 spiro atoms. The van der Waals surface area contributed by atoms with Gasteiger partial charge >= 0.3 is 5.97 Å². The predicted molar refractivity (Wildman–Crippen MR) is 132 cm³/mol. The van der Waals surface area contributed by atoms with Crippen LogP contribution in [0.15, 0.2) is 66.3 Å². The number of nitrogens with one attached hydrogen (secondary N) is 1. The standard InChI is InChI=1S/C25H28N4O4S/c1-4-13-29-22(16-33-21-12-7-6-9-18(21)3)27-28-25(29)34-17-23(30)26-20-11-8-10-19(15-20)24(31)32-14-5-2/h4,6-12,15H,1,5,13-14,16-17H2,2-3H3,(H,26,30). The quantitative estimate of drug-likeness (QED) is 0.229. The Hall–Kier alpha value is -3.59. The number of thioether (sulfide) groups is 1. The number of esters is 1. The fourth-order valence-electron chi connectivity index (χ4n) is 3.03. The summed E-state index contributed by atoms with van der Waals surface area (Å²) in [4.78, 5) is 24.6. The van der Waals surface area contributed by atoms with E-state index in [1.54, 1.807) is 30.3 Å². The lowest BCUT2D eigenvalue weighted by molar-refractivity contribution is -0.113. The zero-order valence-corrected chi connectivity index (χ0v) is 20.1. The molecule has 0 saturated carbocycles. The molecule has 1 amide bonds. The number of hydrogen-bond donors (Lipinski definition) is 1. The third-order valence-corrected chi connectivity index (χ3v) is 5.67. The van der Waals surface area contributed by atoms with Gasteiger partial charge in [0.25, 0.3) is 0 Å². The molecule has 8 nitrogen and oxygen atoms in total. The largest absolute Gasteiger partial charge is 0.485 e. The van der Waals surface area contributed by atoms with Crippen molar-refractivity contribution in [3.05, 3.63) is 78.1 Å². The van der Waals surface area contributed by atoms with Gasteiger partial charge in [-0.25, -0.2) is 4.79 Å². The average molecular weight is 481 g/mol. The van der Waals surface area contributed by atoms with E-state index in [0.29, 0.717) is 35.4 Å². The van der Waals surface area contributed by atoms with Crippen LogP contribution in [0, 0.1) is 6.92 Å². The van der Waals surface area contributed by atoms with Crippen molar-refractivity contribution in [3.63, 3.8) is 0 Å². The van der Waals surface area contributed by atoms with Crippen LogP contribution in [-0.4, -0.2) is 39.0 Å². The monoisotopic (exact) mass is 480 g/mol. The number of aromatic nitrogens is 3. The summed E-state index contributed by atoms with van der Waals surface area (Å²) in [6, 6.07) is 14.4. The molecule has 0 fully saturated rings. The lowest BCUT2D eigenvalue weighted by Crippen LogP contribution is -2.15. The van der Waals surface area contributed by atoms with Crippen LogP contribution in [0.5, 0.6) is 5.75 Å².